The highest BCUT2D eigenvalue weighted by molar-refractivity contribution is 6.31. The molecule has 19 heavy (non-hydrogen) atoms. The number of rotatable bonds is 0. The summed E-state index contributed by atoms with van der Waals surface area (Å²) in [6.07, 6.45) is 0. The Labute approximate surface area is 108 Å². The number of fused-ring (bicyclic) bond motifs is 2. The summed E-state index contributed by atoms with van der Waals surface area (Å²) in [5, 5.41) is 9.58. The van der Waals surface area contributed by atoms with E-state index >= 15 is 0 Å². The third kappa shape index (κ3) is 1.35. The van der Waals surface area contributed by atoms with E-state index in [-0.39, 0.29) is 45.2 Å². The minimum absolute atomic E-state index is 0.0235. The van der Waals surface area contributed by atoms with Crippen LogP contribution < -0.4 is 11.5 Å². The number of anilines is 2. The van der Waals surface area contributed by atoms with Crippen LogP contribution in [-0.4, -0.2) is 16.7 Å². The Bertz CT molecular complexity index is 751. The summed E-state index contributed by atoms with van der Waals surface area (Å²) in [6, 6.07) is 7.42. The first-order valence-corrected chi connectivity index (χ1v) is 5.61. The average Bonchev–Trinajstić information content (AvgIpc) is 2.39. The van der Waals surface area contributed by atoms with Crippen molar-refractivity contribution in [3.05, 3.63) is 52.6 Å². The van der Waals surface area contributed by atoms with Crippen molar-refractivity contribution in [2.75, 3.05) is 11.5 Å². The molecule has 0 fully saturated rings. The van der Waals surface area contributed by atoms with Gasteiger partial charge in [-0.25, -0.2) is 0 Å². The van der Waals surface area contributed by atoms with E-state index in [2.05, 4.69) is 0 Å². The Hall–Kier alpha value is -2.82. The molecule has 0 saturated heterocycles. The largest absolute Gasteiger partial charge is 0.506 e. The summed E-state index contributed by atoms with van der Waals surface area (Å²) in [4.78, 5) is 24.7. The van der Waals surface area contributed by atoms with Crippen molar-refractivity contribution in [3.63, 3.8) is 0 Å². The van der Waals surface area contributed by atoms with Crippen molar-refractivity contribution in [1.29, 1.82) is 0 Å². The Kier molecular flexibility index (Phi) is 2.13. The summed E-state index contributed by atoms with van der Waals surface area (Å²) in [7, 11) is 0. The van der Waals surface area contributed by atoms with Crippen molar-refractivity contribution in [3.8, 4) is 5.75 Å². The lowest BCUT2D eigenvalue weighted by Gasteiger charge is -2.20. The third-order valence-electron chi connectivity index (χ3n) is 3.26. The molecule has 2 aromatic rings. The number of carbonyl (C=O) groups excluding carboxylic acids is 2. The standard InChI is InChI=1S/C14H10N2O3/c15-8-3-1-2-6-10(8)14(19)11-7(13(6)18)4-5-9(17)12(11)16/h1-5,17H,15-16H2. The Morgan fingerprint density at radius 1 is 0.842 bits per heavy atom. The summed E-state index contributed by atoms with van der Waals surface area (Å²) in [5.41, 5.74) is 12.2. The number of hydrogen-bond donors (Lipinski definition) is 3. The van der Waals surface area contributed by atoms with Crippen LogP contribution >= 0.6 is 0 Å². The summed E-state index contributed by atoms with van der Waals surface area (Å²) >= 11 is 0. The van der Waals surface area contributed by atoms with Crippen LogP contribution in [0.2, 0.25) is 0 Å². The zero-order valence-corrected chi connectivity index (χ0v) is 9.81. The maximum Gasteiger partial charge on any atom is 0.198 e. The molecule has 3 rings (SSSR count). The molecule has 0 bridgehead atoms. The van der Waals surface area contributed by atoms with Crippen LogP contribution in [0.5, 0.6) is 5.75 Å². The molecule has 0 spiro atoms. The van der Waals surface area contributed by atoms with E-state index in [4.69, 9.17) is 11.5 Å². The molecule has 5 N–H and O–H groups in total. The van der Waals surface area contributed by atoms with Crippen molar-refractivity contribution < 1.29 is 14.7 Å². The van der Waals surface area contributed by atoms with E-state index in [0.29, 0.717) is 0 Å². The molecule has 0 atom stereocenters. The molecule has 5 heteroatoms. The molecular formula is C14H10N2O3. The lowest BCUT2D eigenvalue weighted by molar-refractivity contribution is 0.0980. The van der Waals surface area contributed by atoms with E-state index in [1.165, 1.54) is 12.1 Å². The number of nitrogens with two attached hydrogens (primary N) is 2. The average molecular weight is 254 g/mol. The molecule has 0 amide bonds. The van der Waals surface area contributed by atoms with Crippen molar-refractivity contribution >= 4 is 22.9 Å². The highest BCUT2D eigenvalue weighted by atomic mass is 16.3. The Morgan fingerprint density at radius 3 is 2.26 bits per heavy atom. The quantitative estimate of drug-likeness (QED) is 0.414. The van der Waals surface area contributed by atoms with Crippen LogP contribution in [0, 0.1) is 0 Å². The van der Waals surface area contributed by atoms with Crippen LogP contribution in [0.3, 0.4) is 0 Å². The fraction of sp³-hybridized carbons (Fsp3) is 0. The first-order chi connectivity index (χ1) is 9.02. The highest BCUT2D eigenvalue weighted by Crippen LogP contribution is 2.36. The van der Waals surface area contributed by atoms with Gasteiger partial charge in [0.25, 0.3) is 0 Å². The Morgan fingerprint density at radius 2 is 1.53 bits per heavy atom. The fourth-order valence-electron chi connectivity index (χ4n) is 2.33. The highest BCUT2D eigenvalue weighted by Gasteiger charge is 2.33. The summed E-state index contributed by atoms with van der Waals surface area (Å²) in [5.74, 6) is -0.974. The molecule has 0 unspecified atom stereocenters. The maximum atomic E-state index is 12.4. The lowest BCUT2D eigenvalue weighted by Crippen LogP contribution is -2.23. The normalized spacial score (nSPS) is 13.1. The van der Waals surface area contributed by atoms with E-state index in [0.717, 1.165) is 0 Å². The van der Waals surface area contributed by atoms with Crippen LogP contribution in [0.25, 0.3) is 0 Å². The van der Waals surface area contributed by atoms with Crippen molar-refractivity contribution in [1.82, 2.24) is 0 Å². The molecule has 1 aliphatic rings. The van der Waals surface area contributed by atoms with Gasteiger partial charge in [-0.05, 0) is 18.2 Å². The van der Waals surface area contributed by atoms with Gasteiger partial charge < -0.3 is 16.6 Å². The van der Waals surface area contributed by atoms with Crippen LogP contribution in [0.4, 0.5) is 11.4 Å². The molecule has 5 nitrogen and oxygen atoms in total. The minimum atomic E-state index is -0.434. The first-order valence-electron chi connectivity index (χ1n) is 5.61. The number of nitrogen functional groups attached to an aromatic ring is 2. The summed E-state index contributed by atoms with van der Waals surface area (Å²) in [6.45, 7) is 0. The molecule has 2 aromatic carbocycles. The van der Waals surface area contributed by atoms with Gasteiger partial charge in [0.1, 0.15) is 5.75 Å². The number of hydrogen-bond acceptors (Lipinski definition) is 5. The molecule has 0 saturated carbocycles. The number of phenols is 1. The van der Waals surface area contributed by atoms with Gasteiger partial charge in [-0.3, -0.25) is 9.59 Å². The number of carbonyl (C=O) groups is 2. The van der Waals surface area contributed by atoms with Crippen LogP contribution in [0.15, 0.2) is 30.3 Å². The van der Waals surface area contributed by atoms with Crippen LogP contribution in [0.1, 0.15) is 31.8 Å². The molecule has 0 aromatic heterocycles. The molecule has 1 aliphatic carbocycles. The second-order valence-corrected chi connectivity index (χ2v) is 4.35. The Balaban J connectivity index is 2.40. The zero-order valence-electron chi connectivity index (χ0n) is 9.81. The van der Waals surface area contributed by atoms with Gasteiger partial charge in [0.05, 0.1) is 16.8 Å². The number of aromatic hydroxyl groups is 1. The number of ketones is 2. The van der Waals surface area contributed by atoms with Gasteiger partial charge in [0.15, 0.2) is 11.6 Å². The van der Waals surface area contributed by atoms with Gasteiger partial charge in [0.2, 0.25) is 0 Å². The van der Waals surface area contributed by atoms with Crippen LogP contribution in [-0.2, 0) is 0 Å². The second kappa shape index (κ2) is 3.58. The molecule has 0 heterocycles. The smallest absolute Gasteiger partial charge is 0.198 e. The van der Waals surface area contributed by atoms with Gasteiger partial charge in [-0.1, -0.05) is 12.1 Å². The van der Waals surface area contributed by atoms with Gasteiger partial charge in [-0.2, -0.15) is 0 Å². The van der Waals surface area contributed by atoms with Gasteiger partial charge >= 0.3 is 0 Å². The van der Waals surface area contributed by atoms with E-state index < -0.39 is 5.78 Å². The first kappa shape index (κ1) is 11.3. The van der Waals surface area contributed by atoms with Crippen molar-refractivity contribution in [2.45, 2.75) is 0 Å². The number of phenolic OH excluding ortho intramolecular Hbond substituents is 1. The van der Waals surface area contributed by atoms with E-state index in [1.54, 1.807) is 18.2 Å². The second-order valence-electron chi connectivity index (χ2n) is 4.35. The third-order valence-corrected chi connectivity index (χ3v) is 3.26. The molecule has 94 valence electrons. The monoisotopic (exact) mass is 254 g/mol. The van der Waals surface area contributed by atoms with Gasteiger partial charge in [-0.15, -0.1) is 0 Å². The fourth-order valence-corrected chi connectivity index (χ4v) is 2.33. The molecular weight excluding hydrogens is 244 g/mol. The molecule has 0 radical (unpaired) electrons. The van der Waals surface area contributed by atoms with E-state index in [9.17, 15) is 14.7 Å². The van der Waals surface area contributed by atoms with E-state index in [1.807, 2.05) is 0 Å². The number of benzene rings is 2. The summed E-state index contributed by atoms with van der Waals surface area (Å²) < 4.78 is 0. The maximum absolute atomic E-state index is 12.4. The predicted molar refractivity (Wildman–Crippen MR) is 70.2 cm³/mol. The lowest BCUT2D eigenvalue weighted by atomic mass is 9.82. The molecule has 0 aliphatic heterocycles. The topological polar surface area (TPSA) is 106 Å². The van der Waals surface area contributed by atoms with Crippen molar-refractivity contribution in [2.24, 2.45) is 0 Å². The predicted octanol–water partition coefficient (Wildman–Crippen LogP) is 1.33. The zero-order chi connectivity index (χ0) is 13.7. The van der Waals surface area contributed by atoms with Gasteiger partial charge in [0, 0.05) is 16.8 Å². The SMILES string of the molecule is Nc1cccc2c1C(=O)c1c(ccc(O)c1N)C2=O. The minimum Gasteiger partial charge on any atom is -0.506 e.